The molecule has 31 heavy (non-hydrogen) atoms. The maximum absolute atomic E-state index is 12.5. The van der Waals surface area contributed by atoms with Crippen LogP contribution in [0.2, 0.25) is 0 Å². The van der Waals surface area contributed by atoms with Gasteiger partial charge in [0.15, 0.2) is 5.58 Å². The fourth-order valence-corrected chi connectivity index (χ4v) is 5.06. The van der Waals surface area contributed by atoms with Gasteiger partial charge >= 0.3 is 5.76 Å². The normalized spacial score (nSPS) is 24.0. The number of rotatable bonds is 4. The quantitative estimate of drug-likeness (QED) is 0.693. The van der Waals surface area contributed by atoms with Gasteiger partial charge in [0.05, 0.1) is 5.52 Å². The topological polar surface area (TPSA) is 99.8 Å². The van der Waals surface area contributed by atoms with Crippen LogP contribution in [0.4, 0.5) is 5.69 Å². The molecule has 4 heterocycles. The van der Waals surface area contributed by atoms with Crippen molar-refractivity contribution in [2.45, 2.75) is 31.7 Å². The van der Waals surface area contributed by atoms with Gasteiger partial charge in [0.1, 0.15) is 6.04 Å². The smallest absolute Gasteiger partial charge is 0.408 e. The Hall–Kier alpha value is -2.65. The first-order chi connectivity index (χ1) is 15.1. The van der Waals surface area contributed by atoms with Crippen molar-refractivity contribution in [2.75, 3.05) is 50.7 Å². The summed E-state index contributed by atoms with van der Waals surface area (Å²) >= 11 is 0. The molecule has 2 N–H and O–H groups in total. The molecule has 2 aromatic rings. The van der Waals surface area contributed by atoms with Gasteiger partial charge < -0.3 is 14.6 Å². The average Bonchev–Trinajstić information content (AvgIpc) is 3.10. The number of imide groups is 1. The molecule has 2 amide bonds. The van der Waals surface area contributed by atoms with E-state index in [0.29, 0.717) is 17.5 Å². The second kappa shape index (κ2) is 8.47. The van der Waals surface area contributed by atoms with E-state index in [9.17, 15) is 14.4 Å². The van der Waals surface area contributed by atoms with Crippen molar-refractivity contribution in [1.82, 2.24) is 20.1 Å². The molecule has 5 rings (SSSR count). The van der Waals surface area contributed by atoms with Crippen molar-refractivity contribution < 1.29 is 14.0 Å². The molecule has 9 nitrogen and oxygen atoms in total. The standard InChI is InChI=1S/C22H29N5O4/c28-20-4-3-18(21(29)24-20)27-17-2-1-16(13-19(17)31-22(27)30)26-11-9-25(10-12-26)14-15-5-7-23-8-6-15/h1-2,13,15,18,23H,3-12,14H2,(H,24,28,29). The number of piperazine rings is 1. The second-order valence-electron chi connectivity index (χ2n) is 8.84. The number of carbonyl (C=O) groups is 2. The van der Waals surface area contributed by atoms with Gasteiger partial charge in [0, 0.05) is 50.9 Å². The summed E-state index contributed by atoms with van der Waals surface area (Å²) in [6.07, 6.45) is 3.05. The minimum absolute atomic E-state index is 0.218. The molecule has 0 aliphatic carbocycles. The third-order valence-electron chi connectivity index (χ3n) is 6.83. The first-order valence-corrected chi connectivity index (χ1v) is 11.3. The van der Waals surface area contributed by atoms with Crippen molar-refractivity contribution in [3.8, 4) is 0 Å². The fourth-order valence-electron chi connectivity index (χ4n) is 5.06. The first kappa shape index (κ1) is 20.3. The molecule has 0 radical (unpaired) electrons. The Balaban J connectivity index is 1.28. The van der Waals surface area contributed by atoms with Crippen LogP contribution >= 0.6 is 0 Å². The number of piperidine rings is 2. The predicted molar refractivity (Wildman–Crippen MR) is 116 cm³/mol. The summed E-state index contributed by atoms with van der Waals surface area (Å²) < 4.78 is 6.85. The highest BCUT2D eigenvalue weighted by molar-refractivity contribution is 6.00. The summed E-state index contributed by atoms with van der Waals surface area (Å²) in [5, 5.41) is 5.74. The lowest BCUT2D eigenvalue weighted by Gasteiger charge is -2.38. The molecule has 3 saturated heterocycles. The van der Waals surface area contributed by atoms with Crippen LogP contribution in [0.3, 0.4) is 0 Å². The molecule has 1 aromatic carbocycles. The van der Waals surface area contributed by atoms with Gasteiger partial charge in [-0.05, 0) is 50.4 Å². The number of nitrogens with one attached hydrogen (secondary N) is 2. The van der Waals surface area contributed by atoms with E-state index >= 15 is 0 Å². The Bertz CT molecular complexity index is 1030. The lowest BCUT2D eigenvalue weighted by Crippen LogP contribution is -2.48. The van der Waals surface area contributed by atoms with E-state index < -0.39 is 17.7 Å². The zero-order valence-electron chi connectivity index (χ0n) is 17.6. The maximum atomic E-state index is 12.5. The summed E-state index contributed by atoms with van der Waals surface area (Å²) in [5.41, 5.74) is 2.09. The van der Waals surface area contributed by atoms with E-state index in [2.05, 4.69) is 20.4 Å². The number of hydrogen-bond donors (Lipinski definition) is 2. The molecule has 3 aliphatic heterocycles. The molecule has 0 bridgehead atoms. The van der Waals surface area contributed by atoms with Gasteiger partial charge in [0.25, 0.3) is 0 Å². The van der Waals surface area contributed by atoms with Gasteiger partial charge in [-0.2, -0.15) is 0 Å². The summed E-state index contributed by atoms with van der Waals surface area (Å²) in [6.45, 7) is 7.39. The molecule has 166 valence electrons. The zero-order valence-corrected chi connectivity index (χ0v) is 17.6. The number of anilines is 1. The number of fused-ring (bicyclic) bond motifs is 1. The van der Waals surface area contributed by atoms with Crippen LogP contribution in [0.15, 0.2) is 27.4 Å². The van der Waals surface area contributed by atoms with Crippen LogP contribution in [0.1, 0.15) is 31.7 Å². The highest BCUT2D eigenvalue weighted by Crippen LogP contribution is 2.27. The number of nitrogens with zero attached hydrogens (tertiary/aromatic N) is 3. The largest absolute Gasteiger partial charge is 0.420 e. The Morgan fingerprint density at radius 1 is 1.00 bits per heavy atom. The Labute approximate surface area is 180 Å². The summed E-state index contributed by atoms with van der Waals surface area (Å²) in [7, 11) is 0. The van der Waals surface area contributed by atoms with Crippen LogP contribution in [0, 0.1) is 5.92 Å². The van der Waals surface area contributed by atoms with E-state index in [0.717, 1.165) is 50.9 Å². The fraction of sp³-hybridized carbons (Fsp3) is 0.591. The number of hydrogen-bond acceptors (Lipinski definition) is 7. The third-order valence-corrected chi connectivity index (χ3v) is 6.83. The zero-order chi connectivity index (χ0) is 21.4. The Morgan fingerprint density at radius 2 is 1.77 bits per heavy atom. The van der Waals surface area contributed by atoms with Crippen molar-refractivity contribution in [2.24, 2.45) is 5.92 Å². The molecule has 1 atom stereocenters. The van der Waals surface area contributed by atoms with Gasteiger partial charge in [-0.1, -0.05) is 0 Å². The maximum Gasteiger partial charge on any atom is 0.420 e. The van der Waals surface area contributed by atoms with Gasteiger partial charge in [-0.25, -0.2) is 4.79 Å². The number of benzene rings is 1. The van der Waals surface area contributed by atoms with Gasteiger partial charge in [-0.3, -0.25) is 24.4 Å². The van der Waals surface area contributed by atoms with Crippen molar-refractivity contribution in [3.05, 3.63) is 28.7 Å². The lowest BCUT2D eigenvalue weighted by molar-refractivity contribution is -0.135. The van der Waals surface area contributed by atoms with Crippen molar-refractivity contribution in [1.29, 1.82) is 0 Å². The molecule has 9 heteroatoms. The molecule has 0 spiro atoms. The molecule has 0 saturated carbocycles. The lowest BCUT2D eigenvalue weighted by atomic mass is 9.97. The van der Waals surface area contributed by atoms with E-state index in [-0.39, 0.29) is 12.3 Å². The van der Waals surface area contributed by atoms with Gasteiger partial charge in [-0.15, -0.1) is 0 Å². The molecular weight excluding hydrogens is 398 g/mol. The van der Waals surface area contributed by atoms with E-state index in [1.807, 2.05) is 18.2 Å². The van der Waals surface area contributed by atoms with Crippen LogP contribution in [0.25, 0.3) is 11.1 Å². The van der Waals surface area contributed by atoms with Crippen molar-refractivity contribution in [3.63, 3.8) is 0 Å². The van der Waals surface area contributed by atoms with Gasteiger partial charge in [0.2, 0.25) is 11.8 Å². The Kier molecular flexibility index (Phi) is 5.54. The average molecular weight is 428 g/mol. The predicted octanol–water partition coefficient (Wildman–Crippen LogP) is 0.694. The summed E-state index contributed by atoms with van der Waals surface area (Å²) in [6, 6.07) is 5.01. The third kappa shape index (κ3) is 4.12. The number of amides is 2. The van der Waals surface area contributed by atoms with Crippen molar-refractivity contribution >= 4 is 28.6 Å². The number of aromatic nitrogens is 1. The van der Waals surface area contributed by atoms with Crippen LogP contribution in [-0.4, -0.2) is 67.1 Å². The summed E-state index contributed by atoms with van der Waals surface area (Å²) in [4.78, 5) is 41.0. The van der Waals surface area contributed by atoms with Crippen LogP contribution < -0.4 is 21.3 Å². The molecule has 3 fully saturated rings. The van der Waals surface area contributed by atoms with Crippen LogP contribution in [0.5, 0.6) is 0 Å². The van der Waals surface area contributed by atoms with E-state index in [1.165, 1.54) is 24.0 Å². The summed E-state index contributed by atoms with van der Waals surface area (Å²) in [5.74, 6) is -0.516. The highest BCUT2D eigenvalue weighted by Gasteiger charge is 2.31. The minimum Gasteiger partial charge on any atom is -0.408 e. The number of oxazole rings is 1. The second-order valence-corrected chi connectivity index (χ2v) is 8.84. The highest BCUT2D eigenvalue weighted by atomic mass is 16.4. The van der Waals surface area contributed by atoms with E-state index in [4.69, 9.17) is 4.42 Å². The molecular formula is C22H29N5O4. The SMILES string of the molecule is O=C1CCC(n2c(=O)oc3cc(N4CCN(CC5CCNCC5)CC4)ccc32)C(=O)N1. The Morgan fingerprint density at radius 3 is 2.52 bits per heavy atom. The van der Waals surface area contributed by atoms with E-state index in [1.54, 1.807) is 0 Å². The molecule has 1 aromatic heterocycles. The van der Waals surface area contributed by atoms with Crippen LogP contribution in [-0.2, 0) is 9.59 Å². The number of carbonyl (C=O) groups excluding carboxylic acids is 2. The monoisotopic (exact) mass is 427 g/mol. The molecule has 1 unspecified atom stereocenters. The first-order valence-electron chi connectivity index (χ1n) is 11.3. The minimum atomic E-state index is -0.712. The molecule has 3 aliphatic rings.